The molecule has 0 aromatic heterocycles. The largest absolute Gasteiger partial charge is 0.462 e. The number of ether oxygens (including phenoxy) is 1. The number of aliphatic hydroxyl groups excluding tert-OH is 2. The van der Waals surface area contributed by atoms with E-state index < -0.39 is 18.2 Å². The number of hydrogen-bond donors (Lipinski definition) is 3. The average molecular weight is 915 g/mol. The van der Waals surface area contributed by atoms with Crippen molar-refractivity contribution in [1.29, 1.82) is 0 Å². The molecule has 0 heterocycles. The summed E-state index contributed by atoms with van der Waals surface area (Å²) in [6.45, 7) is 6.41. The summed E-state index contributed by atoms with van der Waals surface area (Å²) in [6, 6.07) is -0.701. The van der Waals surface area contributed by atoms with Gasteiger partial charge in [0.1, 0.15) is 6.10 Å². The zero-order chi connectivity index (χ0) is 47.4. The average Bonchev–Trinajstić information content (AvgIpc) is 3.30. The molecule has 0 radical (unpaired) electrons. The summed E-state index contributed by atoms with van der Waals surface area (Å²) in [4.78, 5) is 26.3. The van der Waals surface area contributed by atoms with Gasteiger partial charge in [0, 0.05) is 6.42 Å². The molecule has 0 rings (SSSR count). The predicted octanol–water partition coefficient (Wildman–Crippen LogP) is 17.6. The number of unbranched alkanes of at least 4 members (excludes halogenated alkanes) is 34. The summed E-state index contributed by atoms with van der Waals surface area (Å²) in [5, 5.41) is 23.9. The number of esters is 1. The first-order valence-corrected chi connectivity index (χ1v) is 28.7. The summed E-state index contributed by atoms with van der Waals surface area (Å²) >= 11 is 0. The topological polar surface area (TPSA) is 95.9 Å². The van der Waals surface area contributed by atoms with Gasteiger partial charge in [-0.15, -0.1) is 0 Å². The van der Waals surface area contributed by atoms with Gasteiger partial charge in [0.25, 0.3) is 0 Å². The number of hydrogen-bond acceptors (Lipinski definition) is 5. The van der Waals surface area contributed by atoms with Crippen LogP contribution in [0, 0.1) is 0 Å². The molecular formula is C59H111NO5. The SMILES string of the molecule is CC/C=C/C/C=C/C/C=C/CCCCCCCCC(=O)OC(CCCCCCCCCCCCCCCCCCC)CC(=O)NC(CO)C(O)CCCCCCCCCCCCCCC. The van der Waals surface area contributed by atoms with E-state index in [9.17, 15) is 19.8 Å². The van der Waals surface area contributed by atoms with Gasteiger partial charge in [-0.1, -0.05) is 269 Å². The third-order valence-electron chi connectivity index (χ3n) is 13.2. The molecule has 6 heteroatoms. The van der Waals surface area contributed by atoms with Gasteiger partial charge in [-0.05, 0) is 57.8 Å². The monoisotopic (exact) mass is 914 g/mol. The lowest BCUT2D eigenvalue weighted by atomic mass is 10.0. The van der Waals surface area contributed by atoms with Crippen LogP contribution in [0.25, 0.3) is 0 Å². The van der Waals surface area contributed by atoms with E-state index in [1.54, 1.807) is 0 Å². The highest BCUT2D eigenvalue weighted by Gasteiger charge is 2.24. The second kappa shape index (κ2) is 53.0. The van der Waals surface area contributed by atoms with Crippen LogP contribution in [0.3, 0.4) is 0 Å². The van der Waals surface area contributed by atoms with Gasteiger partial charge in [0.2, 0.25) is 5.91 Å². The van der Waals surface area contributed by atoms with E-state index in [0.29, 0.717) is 19.3 Å². The van der Waals surface area contributed by atoms with E-state index in [2.05, 4.69) is 62.5 Å². The fourth-order valence-corrected chi connectivity index (χ4v) is 8.92. The van der Waals surface area contributed by atoms with Crippen molar-refractivity contribution >= 4 is 11.9 Å². The quantitative estimate of drug-likeness (QED) is 0.0321. The highest BCUT2D eigenvalue weighted by molar-refractivity contribution is 5.77. The summed E-state index contributed by atoms with van der Waals surface area (Å²) in [7, 11) is 0. The zero-order valence-electron chi connectivity index (χ0n) is 43.6. The first-order valence-electron chi connectivity index (χ1n) is 28.7. The molecule has 0 aliphatic rings. The maximum absolute atomic E-state index is 13.3. The Morgan fingerprint density at radius 2 is 0.831 bits per heavy atom. The van der Waals surface area contributed by atoms with Crippen LogP contribution in [0.15, 0.2) is 36.5 Å². The van der Waals surface area contributed by atoms with Gasteiger partial charge in [0.15, 0.2) is 0 Å². The summed E-state index contributed by atoms with van der Waals surface area (Å²) < 4.78 is 5.96. The van der Waals surface area contributed by atoms with Crippen LogP contribution in [-0.4, -0.2) is 46.9 Å². The van der Waals surface area contributed by atoms with Crippen LogP contribution in [0.2, 0.25) is 0 Å². The summed E-state index contributed by atoms with van der Waals surface area (Å²) in [5.74, 6) is -0.471. The number of carbonyl (C=O) groups excluding carboxylic acids is 2. The number of nitrogens with one attached hydrogen (secondary N) is 1. The van der Waals surface area contributed by atoms with E-state index >= 15 is 0 Å². The third kappa shape index (κ3) is 48.3. The van der Waals surface area contributed by atoms with Crippen LogP contribution < -0.4 is 5.32 Å². The van der Waals surface area contributed by atoms with Crippen LogP contribution >= 0.6 is 0 Å². The molecular weight excluding hydrogens is 803 g/mol. The number of amides is 1. The minimum Gasteiger partial charge on any atom is -0.462 e. The Hall–Kier alpha value is -1.92. The van der Waals surface area contributed by atoms with E-state index in [1.807, 2.05) is 0 Å². The maximum atomic E-state index is 13.3. The van der Waals surface area contributed by atoms with Crippen molar-refractivity contribution in [2.45, 2.75) is 322 Å². The van der Waals surface area contributed by atoms with E-state index in [-0.39, 0.29) is 24.9 Å². The van der Waals surface area contributed by atoms with Gasteiger partial charge in [-0.2, -0.15) is 0 Å². The summed E-state index contributed by atoms with van der Waals surface area (Å²) in [5.41, 5.74) is 0. The molecule has 0 bridgehead atoms. The molecule has 3 unspecified atom stereocenters. The van der Waals surface area contributed by atoms with Gasteiger partial charge in [-0.3, -0.25) is 9.59 Å². The third-order valence-corrected chi connectivity index (χ3v) is 13.2. The smallest absolute Gasteiger partial charge is 0.306 e. The highest BCUT2D eigenvalue weighted by atomic mass is 16.5. The number of aliphatic hydroxyl groups is 2. The normalized spacial score (nSPS) is 13.4. The zero-order valence-corrected chi connectivity index (χ0v) is 43.6. The fourth-order valence-electron chi connectivity index (χ4n) is 8.92. The van der Waals surface area contributed by atoms with Crippen molar-refractivity contribution in [3.05, 3.63) is 36.5 Å². The van der Waals surface area contributed by atoms with E-state index in [4.69, 9.17) is 4.74 Å². The number of rotatable bonds is 52. The molecule has 0 spiro atoms. The van der Waals surface area contributed by atoms with Gasteiger partial charge in [-0.25, -0.2) is 0 Å². The molecule has 3 N–H and O–H groups in total. The Labute approximate surface area is 404 Å². The Morgan fingerprint density at radius 3 is 1.26 bits per heavy atom. The molecule has 0 aromatic carbocycles. The molecule has 0 saturated carbocycles. The molecule has 382 valence electrons. The Bertz CT molecular complexity index is 1070. The second-order valence-corrected chi connectivity index (χ2v) is 19.7. The molecule has 65 heavy (non-hydrogen) atoms. The van der Waals surface area contributed by atoms with Crippen LogP contribution in [0.1, 0.15) is 303 Å². The molecule has 3 atom stereocenters. The van der Waals surface area contributed by atoms with Gasteiger partial charge in [0.05, 0.1) is 25.2 Å². The lowest BCUT2D eigenvalue weighted by Gasteiger charge is -2.24. The van der Waals surface area contributed by atoms with Crippen LogP contribution in [0.5, 0.6) is 0 Å². The van der Waals surface area contributed by atoms with Crippen molar-refractivity contribution in [2.24, 2.45) is 0 Å². The maximum Gasteiger partial charge on any atom is 0.306 e. The van der Waals surface area contributed by atoms with Crippen molar-refractivity contribution in [1.82, 2.24) is 5.32 Å². The molecule has 0 aliphatic heterocycles. The van der Waals surface area contributed by atoms with Gasteiger partial charge < -0.3 is 20.3 Å². The van der Waals surface area contributed by atoms with Crippen molar-refractivity contribution in [3.8, 4) is 0 Å². The van der Waals surface area contributed by atoms with Crippen molar-refractivity contribution in [3.63, 3.8) is 0 Å². The molecule has 1 amide bonds. The van der Waals surface area contributed by atoms with Gasteiger partial charge >= 0.3 is 5.97 Å². The predicted molar refractivity (Wildman–Crippen MR) is 282 cm³/mol. The number of carbonyl (C=O) groups is 2. The Balaban J connectivity index is 4.55. The molecule has 6 nitrogen and oxygen atoms in total. The van der Waals surface area contributed by atoms with Crippen molar-refractivity contribution in [2.75, 3.05) is 6.61 Å². The minimum absolute atomic E-state index is 0.0770. The Kier molecular flexibility index (Phi) is 51.5. The lowest BCUT2D eigenvalue weighted by molar-refractivity contribution is -0.151. The van der Waals surface area contributed by atoms with E-state index in [1.165, 1.54) is 186 Å². The first kappa shape index (κ1) is 63.1. The summed E-state index contributed by atoms with van der Waals surface area (Å²) in [6.07, 6.45) is 63.5. The lowest BCUT2D eigenvalue weighted by Crippen LogP contribution is -2.46. The molecule has 0 aromatic rings. The molecule has 0 aliphatic carbocycles. The van der Waals surface area contributed by atoms with Crippen LogP contribution in [0.4, 0.5) is 0 Å². The standard InChI is InChI=1S/C59H111NO5/c1-4-7-10-13-16-19-22-25-27-29-30-33-35-38-41-44-47-50-55(65-59(64)52-49-46-43-40-37-34-31-28-26-23-20-17-14-11-8-5-2)53-58(63)60-56(54-61)57(62)51-48-45-42-39-36-32-24-21-18-15-12-9-6-3/h8,11,17,20,26,28,55-57,61-62H,4-7,9-10,12-16,18-19,21-25,27,29-54H2,1-3H3,(H,60,63)/b11-8+,20-17+,28-26+. The second-order valence-electron chi connectivity index (χ2n) is 19.7. The number of allylic oxidation sites excluding steroid dienone is 6. The Morgan fingerprint density at radius 1 is 0.462 bits per heavy atom. The van der Waals surface area contributed by atoms with Crippen LogP contribution in [-0.2, 0) is 14.3 Å². The fraction of sp³-hybridized carbons (Fsp3) is 0.864. The molecule has 0 fully saturated rings. The minimum atomic E-state index is -0.787. The van der Waals surface area contributed by atoms with Crippen molar-refractivity contribution < 1.29 is 24.5 Å². The first-order chi connectivity index (χ1) is 32.0. The molecule has 0 saturated heterocycles. The highest BCUT2D eigenvalue weighted by Crippen LogP contribution is 2.19. The van der Waals surface area contributed by atoms with E-state index in [0.717, 1.165) is 70.6 Å².